The van der Waals surface area contributed by atoms with Crippen molar-refractivity contribution in [3.8, 4) is 11.5 Å². The Balaban J connectivity index is 1.90. The number of hydrogen-bond acceptors (Lipinski definition) is 4. The number of pyridine rings is 1. The lowest BCUT2D eigenvalue weighted by Crippen LogP contribution is -2.01. The van der Waals surface area contributed by atoms with Crippen LogP contribution in [0.5, 0.6) is 11.5 Å². The van der Waals surface area contributed by atoms with Crippen molar-refractivity contribution in [2.75, 3.05) is 11.1 Å². The number of aromatic nitrogens is 1. The van der Waals surface area contributed by atoms with Gasteiger partial charge in [0.1, 0.15) is 5.75 Å². The first-order valence-corrected chi connectivity index (χ1v) is 7.04. The summed E-state index contributed by atoms with van der Waals surface area (Å²) >= 11 is 0. The fraction of sp³-hybridized carbons (Fsp3) is 0.0556. The van der Waals surface area contributed by atoms with Crippen molar-refractivity contribution in [2.45, 2.75) is 6.92 Å². The molecule has 3 N–H and O–H groups in total. The first-order chi connectivity index (χ1) is 10.7. The average molecular weight is 291 g/mol. The van der Waals surface area contributed by atoms with E-state index >= 15 is 0 Å². The highest BCUT2D eigenvalue weighted by atomic mass is 16.5. The zero-order chi connectivity index (χ0) is 15.4. The molecule has 3 aromatic rings. The maximum Gasteiger partial charge on any atom is 0.153 e. The molecule has 2 aromatic carbocycles. The van der Waals surface area contributed by atoms with Gasteiger partial charge in [-0.1, -0.05) is 30.3 Å². The summed E-state index contributed by atoms with van der Waals surface area (Å²) in [4.78, 5) is 4.29. The number of benzene rings is 2. The van der Waals surface area contributed by atoms with Crippen molar-refractivity contribution < 1.29 is 4.74 Å². The van der Waals surface area contributed by atoms with Gasteiger partial charge in [-0.3, -0.25) is 0 Å². The lowest BCUT2D eigenvalue weighted by molar-refractivity contribution is 0.485. The Morgan fingerprint density at radius 3 is 2.50 bits per heavy atom. The van der Waals surface area contributed by atoms with Crippen LogP contribution in [0, 0.1) is 6.92 Å². The third kappa shape index (κ3) is 3.01. The van der Waals surface area contributed by atoms with E-state index in [1.165, 1.54) is 0 Å². The summed E-state index contributed by atoms with van der Waals surface area (Å²) in [6.07, 6.45) is 1.73. The van der Waals surface area contributed by atoms with E-state index in [1.807, 2.05) is 67.6 Å². The lowest BCUT2D eigenvalue weighted by atomic mass is 10.2. The summed E-state index contributed by atoms with van der Waals surface area (Å²) in [5, 5.41) is 3.24. The molecule has 1 aromatic heterocycles. The molecule has 0 amide bonds. The van der Waals surface area contributed by atoms with Gasteiger partial charge in [-0.15, -0.1) is 0 Å². The summed E-state index contributed by atoms with van der Waals surface area (Å²) in [5.41, 5.74) is 8.50. The molecular formula is C18H17N3O. The van der Waals surface area contributed by atoms with Crippen molar-refractivity contribution in [3.63, 3.8) is 0 Å². The van der Waals surface area contributed by atoms with Crippen molar-refractivity contribution in [3.05, 3.63) is 72.4 Å². The highest BCUT2D eigenvalue weighted by molar-refractivity contribution is 5.74. The first kappa shape index (κ1) is 13.9. The minimum atomic E-state index is 0.629. The predicted molar refractivity (Wildman–Crippen MR) is 89.6 cm³/mol. The molecule has 0 atom stereocenters. The van der Waals surface area contributed by atoms with Crippen molar-refractivity contribution >= 4 is 17.2 Å². The second kappa shape index (κ2) is 6.18. The van der Waals surface area contributed by atoms with Crippen LogP contribution in [0.25, 0.3) is 0 Å². The molecule has 0 saturated heterocycles. The Morgan fingerprint density at radius 2 is 1.68 bits per heavy atom. The number of aryl methyl sites for hydroxylation is 1. The van der Waals surface area contributed by atoms with Crippen LogP contribution in [0.1, 0.15) is 5.56 Å². The Morgan fingerprint density at radius 1 is 0.955 bits per heavy atom. The summed E-state index contributed by atoms with van der Waals surface area (Å²) < 4.78 is 5.92. The molecule has 110 valence electrons. The van der Waals surface area contributed by atoms with E-state index in [1.54, 1.807) is 6.20 Å². The van der Waals surface area contributed by atoms with Crippen LogP contribution in [-0.2, 0) is 0 Å². The summed E-state index contributed by atoms with van der Waals surface area (Å²) in [5.74, 6) is 2.13. The number of nitrogen functional groups attached to an aromatic ring is 1. The van der Waals surface area contributed by atoms with Crippen LogP contribution in [0.3, 0.4) is 0 Å². The summed E-state index contributed by atoms with van der Waals surface area (Å²) in [6.45, 7) is 1.95. The molecule has 0 bridgehead atoms. The normalized spacial score (nSPS) is 10.2. The second-order valence-corrected chi connectivity index (χ2v) is 4.93. The van der Waals surface area contributed by atoms with Gasteiger partial charge in [0.05, 0.1) is 11.4 Å². The van der Waals surface area contributed by atoms with Gasteiger partial charge >= 0.3 is 0 Å². The number of rotatable bonds is 4. The molecule has 0 radical (unpaired) electrons. The van der Waals surface area contributed by atoms with Crippen LogP contribution in [-0.4, -0.2) is 4.98 Å². The monoisotopic (exact) mass is 291 g/mol. The Labute approximate surface area is 129 Å². The number of hydrogen-bond donors (Lipinski definition) is 2. The van der Waals surface area contributed by atoms with E-state index in [0.717, 1.165) is 22.7 Å². The van der Waals surface area contributed by atoms with Gasteiger partial charge in [-0.2, -0.15) is 0 Å². The minimum Gasteiger partial charge on any atom is -0.455 e. The van der Waals surface area contributed by atoms with Gasteiger partial charge in [-0.25, -0.2) is 4.98 Å². The van der Waals surface area contributed by atoms with Crippen molar-refractivity contribution in [1.82, 2.24) is 4.98 Å². The lowest BCUT2D eigenvalue weighted by Gasteiger charge is -2.14. The Hall–Kier alpha value is -3.01. The van der Waals surface area contributed by atoms with Crippen LogP contribution in [0.15, 0.2) is 66.9 Å². The molecule has 0 aliphatic heterocycles. The maximum absolute atomic E-state index is 6.07. The van der Waals surface area contributed by atoms with Gasteiger partial charge in [0.2, 0.25) is 0 Å². The molecule has 0 unspecified atom stereocenters. The zero-order valence-corrected chi connectivity index (χ0v) is 12.3. The third-order valence-electron chi connectivity index (χ3n) is 3.32. The van der Waals surface area contributed by atoms with Crippen molar-refractivity contribution in [2.24, 2.45) is 0 Å². The number of anilines is 3. The fourth-order valence-corrected chi connectivity index (χ4v) is 2.07. The van der Waals surface area contributed by atoms with Crippen LogP contribution in [0.4, 0.5) is 17.2 Å². The number of para-hydroxylation sites is 3. The number of nitrogens with two attached hydrogens (primary N) is 1. The molecule has 0 spiro atoms. The van der Waals surface area contributed by atoms with Crippen LogP contribution in [0.2, 0.25) is 0 Å². The molecule has 0 fully saturated rings. The van der Waals surface area contributed by atoms with E-state index < -0.39 is 0 Å². The van der Waals surface area contributed by atoms with E-state index in [0.29, 0.717) is 11.5 Å². The van der Waals surface area contributed by atoms with Gasteiger partial charge in [0.25, 0.3) is 0 Å². The van der Waals surface area contributed by atoms with Crippen LogP contribution >= 0.6 is 0 Å². The number of nitrogens with one attached hydrogen (secondary N) is 1. The molecule has 4 nitrogen and oxygen atoms in total. The Kier molecular flexibility index (Phi) is 3.92. The molecule has 0 aliphatic rings. The summed E-state index contributed by atoms with van der Waals surface area (Å²) in [6, 6.07) is 19.2. The van der Waals surface area contributed by atoms with E-state index in [4.69, 9.17) is 10.5 Å². The maximum atomic E-state index is 6.07. The number of nitrogens with zero attached hydrogens (tertiary/aromatic N) is 1. The van der Waals surface area contributed by atoms with Crippen molar-refractivity contribution in [1.29, 1.82) is 0 Å². The summed E-state index contributed by atoms with van der Waals surface area (Å²) in [7, 11) is 0. The van der Waals surface area contributed by atoms with Crippen LogP contribution < -0.4 is 15.8 Å². The largest absolute Gasteiger partial charge is 0.455 e. The highest BCUT2D eigenvalue weighted by Gasteiger charge is 2.08. The van der Waals surface area contributed by atoms with E-state index in [2.05, 4.69) is 10.3 Å². The van der Waals surface area contributed by atoms with Gasteiger partial charge in [-0.05, 0) is 42.8 Å². The van der Waals surface area contributed by atoms with Gasteiger partial charge < -0.3 is 15.8 Å². The standard InChI is InChI=1S/C18H17N3O/c1-13-11-12-20-18(17(13)19)21-15-9-5-6-10-16(15)22-14-7-3-2-4-8-14/h2-12H,19H2,1H3,(H,20,21). The molecular weight excluding hydrogens is 274 g/mol. The quantitative estimate of drug-likeness (QED) is 0.742. The molecule has 22 heavy (non-hydrogen) atoms. The van der Waals surface area contributed by atoms with E-state index in [9.17, 15) is 0 Å². The predicted octanol–water partition coefficient (Wildman–Crippen LogP) is 4.51. The zero-order valence-electron chi connectivity index (χ0n) is 12.3. The van der Waals surface area contributed by atoms with Gasteiger partial charge in [0.15, 0.2) is 11.6 Å². The molecule has 0 saturated carbocycles. The number of ether oxygens (including phenoxy) is 1. The third-order valence-corrected chi connectivity index (χ3v) is 3.32. The minimum absolute atomic E-state index is 0.629. The molecule has 3 rings (SSSR count). The highest BCUT2D eigenvalue weighted by Crippen LogP contribution is 2.32. The first-order valence-electron chi connectivity index (χ1n) is 7.04. The average Bonchev–Trinajstić information content (AvgIpc) is 2.55. The molecule has 1 heterocycles. The van der Waals surface area contributed by atoms with Gasteiger partial charge in [0, 0.05) is 6.20 Å². The molecule has 4 heteroatoms. The molecule has 0 aliphatic carbocycles. The Bertz CT molecular complexity index is 772. The smallest absolute Gasteiger partial charge is 0.153 e. The SMILES string of the molecule is Cc1ccnc(Nc2ccccc2Oc2ccccc2)c1N. The second-order valence-electron chi connectivity index (χ2n) is 4.93. The topological polar surface area (TPSA) is 60.2 Å². The fourth-order valence-electron chi connectivity index (χ4n) is 2.07. The van der Waals surface area contributed by atoms with E-state index in [-0.39, 0.29) is 0 Å².